The van der Waals surface area contributed by atoms with Crippen molar-refractivity contribution in [2.24, 2.45) is 0 Å². The van der Waals surface area contributed by atoms with E-state index in [1.54, 1.807) is 0 Å². The molecule has 0 atom stereocenters. The first-order chi connectivity index (χ1) is 8.00. The number of carbonyl (C=O) groups excluding carboxylic acids is 1. The van der Waals surface area contributed by atoms with Gasteiger partial charge in [-0.3, -0.25) is 4.79 Å². The van der Waals surface area contributed by atoms with Gasteiger partial charge in [-0.2, -0.15) is 4.31 Å². The zero-order chi connectivity index (χ0) is 12.5. The number of rotatable bonds is 2. The number of hydrogen-bond acceptors (Lipinski definition) is 7. The summed E-state index contributed by atoms with van der Waals surface area (Å²) in [6.45, 7) is 0.561. The molecule has 1 fully saturated rings. The van der Waals surface area contributed by atoms with Gasteiger partial charge < -0.3 is 11.1 Å². The van der Waals surface area contributed by atoms with Gasteiger partial charge in [-0.15, -0.1) is 10.2 Å². The molecule has 3 N–H and O–H groups in total. The molecule has 0 spiro atoms. The number of nitrogen functional groups attached to an aromatic ring is 1. The summed E-state index contributed by atoms with van der Waals surface area (Å²) in [5.74, 6) is -0.316. The van der Waals surface area contributed by atoms with Crippen LogP contribution in [0.15, 0.2) is 4.34 Å². The van der Waals surface area contributed by atoms with Crippen LogP contribution in [0.3, 0.4) is 0 Å². The molecular formula is C7H11N5O3S2. The van der Waals surface area contributed by atoms with Gasteiger partial charge in [0.1, 0.15) is 0 Å². The van der Waals surface area contributed by atoms with Crippen LogP contribution in [-0.2, 0) is 14.8 Å². The van der Waals surface area contributed by atoms with E-state index in [1.807, 2.05) is 0 Å². The Morgan fingerprint density at radius 1 is 1.41 bits per heavy atom. The van der Waals surface area contributed by atoms with E-state index in [-0.39, 0.29) is 28.5 Å². The van der Waals surface area contributed by atoms with Crippen molar-refractivity contribution >= 4 is 32.4 Å². The quantitative estimate of drug-likeness (QED) is 0.688. The standard InChI is InChI=1S/C7H11N5O3S2/c8-6-10-11-7(16-6)17(14,15)12-3-1-2-9-5(13)4-12/h1-4H2,(H2,8,10)(H,9,13). The molecule has 2 rings (SSSR count). The molecule has 1 amide bonds. The van der Waals surface area contributed by atoms with Gasteiger partial charge in [0.05, 0.1) is 6.54 Å². The minimum atomic E-state index is -3.76. The first-order valence-corrected chi connectivity index (χ1v) is 7.11. The van der Waals surface area contributed by atoms with Crippen molar-refractivity contribution in [3.8, 4) is 0 Å². The molecule has 0 aromatic carbocycles. The van der Waals surface area contributed by atoms with Crippen molar-refractivity contribution in [1.29, 1.82) is 0 Å². The summed E-state index contributed by atoms with van der Waals surface area (Å²) in [5, 5.41) is 9.65. The lowest BCUT2D eigenvalue weighted by Gasteiger charge is -2.15. The van der Waals surface area contributed by atoms with Crippen molar-refractivity contribution in [3.05, 3.63) is 0 Å². The fraction of sp³-hybridized carbons (Fsp3) is 0.571. The van der Waals surface area contributed by atoms with E-state index in [0.29, 0.717) is 13.0 Å². The maximum Gasteiger partial charge on any atom is 0.272 e. The Morgan fingerprint density at radius 2 is 2.18 bits per heavy atom. The van der Waals surface area contributed by atoms with E-state index in [9.17, 15) is 13.2 Å². The third-order valence-electron chi connectivity index (χ3n) is 2.21. The highest BCUT2D eigenvalue weighted by Crippen LogP contribution is 2.21. The number of nitrogens with zero attached hydrogens (tertiary/aromatic N) is 3. The molecule has 10 heteroatoms. The summed E-state index contributed by atoms with van der Waals surface area (Å²) in [5.41, 5.74) is 5.35. The fourth-order valence-corrected chi connectivity index (χ4v) is 3.78. The van der Waals surface area contributed by atoms with Gasteiger partial charge in [0.2, 0.25) is 15.4 Å². The normalized spacial score (nSPS) is 18.7. The van der Waals surface area contributed by atoms with Crippen LogP contribution in [0.2, 0.25) is 0 Å². The third kappa shape index (κ3) is 2.53. The molecule has 0 saturated carbocycles. The van der Waals surface area contributed by atoms with Crippen LogP contribution >= 0.6 is 11.3 Å². The lowest BCUT2D eigenvalue weighted by molar-refractivity contribution is -0.120. The van der Waals surface area contributed by atoms with Crippen LogP contribution < -0.4 is 11.1 Å². The van der Waals surface area contributed by atoms with Gasteiger partial charge in [-0.1, -0.05) is 11.3 Å². The van der Waals surface area contributed by atoms with Crippen LogP contribution in [0, 0.1) is 0 Å². The van der Waals surface area contributed by atoms with E-state index in [4.69, 9.17) is 5.73 Å². The van der Waals surface area contributed by atoms with Gasteiger partial charge in [0, 0.05) is 13.1 Å². The zero-order valence-electron chi connectivity index (χ0n) is 8.79. The van der Waals surface area contributed by atoms with Gasteiger partial charge >= 0.3 is 0 Å². The highest BCUT2D eigenvalue weighted by Gasteiger charge is 2.30. The second-order valence-electron chi connectivity index (χ2n) is 3.45. The number of carbonyl (C=O) groups is 1. The fourth-order valence-electron chi connectivity index (χ4n) is 1.42. The van der Waals surface area contributed by atoms with Crippen LogP contribution in [0.4, 0.5) is 5.13 Å². The van der Waals surface area contributed by atoms with Gasteiger partial charge in [0.25, 0.3) is 10.0 Å². The van der Waals surface area contributed by atoms with Crippen LogP contribution in [0.5, 0.6) is 0 Å². The minimum Gasteiger partial charge on any atom is -0.374 e. The largest absolute Gasteiger partial charge is 0.374 e. The van der Waals surface area contributed by atoms with Gasteiger partial charge in [-0.25, -0.2) is 8.42 Å². The van der Waals surface area contributed by atoms with Crippen molar-refractivity contribution in [2.45, 2.75) is 10.8 Å². The minimum absolute atomic E-state index is 0.0860. The average molecular weight is 277 g/mol. The van der Waals surface area contributed by atoms with Crippen molar-refractivity contribution in [3.63, 3.8) is 0 Å². The third-order valence-corrected chi connectivity index (χ3v) is 5.15. The number of amides is 1. The second kappa shape index (κ2) is 4.55. The zero-order valence-corrected chi connectivity index (χ0v) is 10.4. The molecule has 1 aromatic heterocycles. The highest BCUT2D eigenvalue weighted by molar-refractivity contribution is 7.91. The molecule has 1 saturated heterocycles. The first-order valence-electron chi connectivity index (χ1n) is 4.86. The smallest absolute Gasteiger partial charge is 0.272 e. The Morgan fingerprint density at radius 3 is 2.82 bits per heavy atom. The lowest BCUT2D eigenvalue weighted by Crippen LogP contribution is -2.37. The number of aromatic nitrogens is 2. The molecule has 0 radical (unpaired) electrons. The van der Waals surface area contributed by atoms with E-state index in [2.05, 4.69) is 15.5 Å². The number of nitrogens with two attached hydrogens (primary N) is 1. The summed E-state index contributed by atoms with van der Waals surface area (Å²) >= 11 is 0.791. The van der Waals surface area contributed by atoms with Crippen molar-refractivity contribution in [1.82, 2.24) is 19.8 Å². The van der Waals surface area contributed by atoms with Crippen LogP contribution in [-0.4, -0.2) is 48.5 Å². The Kier molecular flexibility index (Phi) is 3.26. The number of anilines is 1. The maximum atomic E-state index is 12.1. The Bertz CT molecular complexity index is 525. The number of sulfonamides is 1. The second-order valence-corrected chi connectivity index (χ2v) is 6.57. The summed E-state index contributed by atoms with van der Waals surface area (Å²) in [7, 11) is -3.76. The molecule has 1 aliphatic rings. The Balaban J connectivity index is 2.28. The lowest BCUT2D eigenvalue weighted by atomic mass is 10.4. The summed E-state index contributed by atoms with van der Waals surface area (Å²) < 4.78 is 25.1. The van der Waals surface area contributed by atoms with E-state index in [1.165, 1.54) is 0 Å². The molecule has 1 aromatic rings. The first kappa shape index (κ1) is 12.2. The van der Waals surface area contributed by atoms with E-state index >= 15 is 0 Å². The monoisotopic (exact) mass is 277 g/mol. The van der Waals surface area contributed by atoms with Gasteiger partial charge in [0.15, 0.2) is 0 Å². The maximum absolute atomic E-state index is 12.1. The molecule has 94 valence electrons. The molecule has 0 bridgehead atoms. The Labute approximate surface area is 102 Å². The molecule has 1 aliphatic heterocycles. The van der Waals surface area contributed by atoms with E-state index in [0.717, 1.165) is 15.6 Å². The van der Waals surface area contributed by atoms with E-state index < -0.39 is 10.0 Å². The SMILES string of the molecule is Nc1nnc(S(=O)(=O)N2CCCNC(=O)C2)s1. The van der Waals surface area contributed by atoms with Crippen molar-refractivity contribution in [2.75, 3.05) is 25.4 Å². The van der Waals surface area contributed by atoms with Crippen LogP contribution in [0.25, 0.3) is 0 Å². The molecule has 8 nitrogen and oxygen atoms in total. The van der Waals surface area contributed by atoms with Crippen LogP contribution in [0.1, 0.15) is 6.42 Å². The summed E-state index contributed by atoms with van der Waals surface area (Å²) in [6.07, 6.45) is 0.569. The number of hydrogen-bond donors (Lipinski definition) is 2. The predicted molar refractivity (Wildman–Crippen MR) is 60.7 cm³/mol. The number of nitrogens with one attached hydrogen (secondary N) is 1. The summed E-state index contributed by atoms with van der Waals surface area (Å²) in [4.78, 5) is 11.3. The molecular weight excluding hydrogens is 266 g/mol. The van der Waals surface area contributed by atoms with Crippen molar-refractivity contribution < 1.29 is 13.2 Å². The van der Waals surface area contributed by atoms with Gasteiger partial charge in [-0.05, 0) is 6.42 Å². The molecule has 2 heterocycles. The highest BCUT2D eigenvalue weighted by atomic mass is 32.2. The topological polar surface area (TPSA) is 118 Å². The molecule has 0 unspecified atom stereocenters. The summed E-state index contributed by atoms with van der Waals surface area (Å²) in [6, 6.07) is 0. The predicted octanol–water partition coefficient (Wildman–Crippen LogP) is -1.37. The molecule has 17 heavy (non-hydrogen) atoms. The molecule has 0 aliphatic carbocycles. The average Bonchev–Trinajstić information content (AvgIpc) is 2.57. The Hall–Kier alpha value is -1.26.